The van der Waals surface area contributed by atoms with Gasteiger partial charge in [0.1, 0.15) is 18.8 Å². The SMILES string of the molecule is CC(C)(C)OC(=O)COCCC(=O)OCc1ccccc1. The van der Waals surface area contributed by atoms with Crippen LogP contribution in [0.25, 0.3) is 0 Å². The second-order valence-corrected chi connectivity index (χ2v) is 5.54. The Morgan fingerprint density at radius 1 is 1.05 bits per heavy atom. The van der Waals surface area contributed by atoms with Crippen molar-refractivity contribution in [1.82, 2.24) is 0 Å². The van der Waals surface area contributed by atoms with Gasteiger partial charge in [-0.1, -0.05) is 30.3 Å². The zero-order valence-corrected chi connectivity index (χ0v) is 12.8. The summed E-state index contributed by atoms with van der Waals surface area (Å²) in [4.78, 5) is 22.8. The molecular weight excluding hydrogens is 272 g/mol. The minimum absolute atomic E-state index is 0.107. The number of hydrogen-bond acceptors (Lipinski definition) is 5. The molecule has 0 unspecified atom stereocenters. The van der Waals surface area contributed by atoms with Crippen molar-refractivity contribution in [1.29, 1.82) is 0 Å². The first-order valence-electron chi connectivity index (χ1n) is 6.86. The highest BCUT2D eigenvalue weighted by Gasteiger charge is 2.16. The van der Waals surface area contributed by atoms with E-state index in [0.29, 0.717) is 0 Å². The van der Waals surface area contributed by atoms with Crippen LogP contribution in [0.2, 0.25) is 0 Å². The first kappa shape index (κ1) is 17.2. The Balaban J connectivity index is 2.10. The summed E-state index contributed by atoms with van der Waals surface area (Å²) in [7, 11) is 0. The topological polar surface area (TPSA) is 61.8 Å². The Bertz CT molecular complexity index is 447. The van der Waals surface area contributed by atoms with Crippen LogP contribution in [0.1, 0.15) is 32.8 Å². The molecule has 21 heavy (non-hydrogen) atoms. The van der Waals surface area contributed by atoms with Gasteiger partial charge in [0, 0.05) is 0 Å². The third kappa shape index (κ3) is 8.81. The number of benzene rings is 1. The van der Waals surface area contributed by atoms with E-state index in [1.807, 2.05) is 30.3 Å². The van der Waals surface area contributed by atoms with E-state index in [4.69, 9.17) is 14.2 Å². The van der Waals surface area contributed by atoms with Crippen molar-refractivity contribution in [2.45, 2.75) is 39.4 Å². The molecule has 116 valence electrons. The molecule has 0 N–H and O–H groups in total. The fourth-order valence-electron chi connectivity index (χ4n) is 1.49. The third-order valence-electron chi connectivity index (χ3n) is 2.33. The van der Waals surface area contributed by atoms with Crippen molar-refractivity contribution in [3.05, 3.63) is 35.9 Å². The summed E-state index contributed by atoms with van der Waals surface area (Å²) in [5.41, 5.74) is 0.398. The predicted molar refractivity (Wildman–Crippen MR) is 77.5 cm³/mol. The van der Waals surface area contributed by atoms with Crippen LogP contribution < -0.4 is 0 Å². The van der Waals surface area contributed by atoms with Crippen molar-refractivity contribution < 1.29 is 23.8 Å². The lowest BCUT2D eigenvalue weighted by molar-refractivity contribution is -0.161. The van der Waals surface area contributed by atoms with Gasteiger partial charge in [0.2, 0.25) is 0 Å². The smallest absolute Gasteiger partial charge is 0.332 e. The van der Waals surface area contributed by atoms with Crippen LogP contribution in [-0.4, -0.2) is 30.8 Å². The van der Waals surface area contributed by atoms with Gasteiger partial charge in [0.25, 0.3) is 0 Å². The van der Waals surface area contributed by atoms with Gasteiger partial charge in [0.05, 0.1) is 13.0 Å². The second-order valence-electron chi connectivity index (χ2n) is 5.54. The zero-order chi connectivity index (χ0) is 15.7. The summed E-state index contributed by atoms with van der Waals surface area (Å²) >= 11 is 0. The highest BCUT2D eigenvalue weighted by molar-refractivity contribution is 5.71. The molecular formula is C16H22O5. The summed E-state index contributed by atoms with van der Waals surface area (Å²) in [6.07, 6.45) is 0.107. The highest BCUT2D eigenvalue weighted by Crippen LogP contribution is 2.07. The maximum Gasteiger partial charge on any atom is 0.332 e. The van der Waals surface area contributed by atoms with Gasteiger partial charge in [-0.15, -0.1) is 0 Å². The maximum atomic E-state index is 11.5. The molecule has 0 heterocycles. The van der Waals surface area contributed by atoms with Crippen LogP contribution in [0.15, 0.2) is 30.3 Å². The fraction of sp³-hybridized carbons (Fsp3) is 0.500. The maximum absolute atomic E-state index is 11.5. The van der Waals surface area contributed by atoms with E-state index in [9.17, 15) is 9.59 Å². The van der Waals surface area contributed by atoms with Crippen molar-refractivity contribution in [3.8, 4) is 0 Å². The number of carbonyl (C=O) groups excluding carboxylic acids is 2. The van der Waals surface area contributed by atoms with Gasteiger partial charge >= 0.3 is 11.9 Å². The molecule has 0 aliphatic rings. The minimum Gasteiger partial charge on any atom is -0.461 e. The van der Waals surface area contributed by atoms with Crippen LogP contribution in [0, 0.1) is 0 Å². The molecule has 0 radical (unpaired) electrons. The van der Waals surface area contributed by atoms with Gasteiger partial charge in [-0.25, -0.2) is 4.79 Å². The molecule has 5 heteroatoms. The molecule has 0 amide bonds. The Hall–Kier alpha value is -1.88. The van der Waals surface area contributed by atoms with E-state index in [-0.39, 0.29) is 32.2 Å². The molecule has 0 bridgehead atoms. The zero-order valence-electron chi connectivity index (χ0n) is 12.8. The van der Waals surface area contributed by atoms with Crippen LogP contribution in [-0.2, 0) is 30.4 Å². The second kappa shape index (κ2) is 8.42. The van der Waals surface area contributed by atoms with Crippen LogP contribution >= 0.6 is 0 Å². The van der Waals surface area contributed by atoms with E-state index in [2.05, 4.69) is 0 Å². The Morgan fingerprint density at radius 3 is 2.33 bits per heavy atom. The van der Waals surface area contributed by atoms with E-state index >= 15 is 0 Å². The van der Waals surface area contributed by atoms with Crippen molar-refractivity contribution >= 4 is 11.9 Å². The summed E-state index contributed by atoms with van der Waals surface area (Å²) in [5.74, 6) is -0.803. The van der Waals surface area contributed by atoms with Crippen molar-refractivity contribution in [3.63, 3.8) is 0 Å². The largest absolute Gasteiger partial charge is 0.461 e. The number of rotatable bonds is 7. The van der Waals surface area contributed by atoms with Crippen molar-refractivity contribution in [2.75, 3.05) is 13.2 Å². The fourth-order valence-corrected chi connectivity index (χ4v) is 1.49. The minimum atomic E-state index is -0.533. The molecule has 1 rings (SSSR count). The molecule has 0 aromatic heterocycles. The lowest BCUT2D eigenvalue weighted by Gasteiger charge is -2.19. The molecule has 0 fully saturated rings. The van der Waals surface area contributed by atoms with Crippen LogP contribution in [0.3, 0.4) is 0 Å². The Kier molecular flexibility index (Phi) is 6.88. The van der Waals surface area contributed by atoms with E-state index in [0.717, 1.165) is 5.56 Å². The molecule has 0 aliphatic carbocycles. The summed E-state index contributed by atoms with van der Waals surface area (Å²) in [6.45, 7) is 5.56. The molecule has 1 aromatic rings. The first-order chi connectivity index (χ1) is 9.87. The van der Waals surface area contributed by atoms with Crippen LogP contribution in [0.4, 0.5) is 0 Å². The average molecular weight is 294 g/mol. The first-order valence-corrected chi connectivity index (χ1v) is 6.86. The molecule has 0 saturated heterocycles. The number of esters is 2. The van der Waals surface area contributed by atoms with Gasteiger partial charge in [-0.2, -0.15) is 0 Å². The van der Waals surface area contributed by atoms with Gasteiger partial charge < -0.3 is 14.2 Å². The molecule has 1 aromatic carbocycles. The van der Waals surface area contributed by atoms with Gasteiger partial charge in [0.15, 0.2) is 0 Å². The normalized spacial score (nSPS) is 11.0. The lowest BCUT2D eigenvalue weighted by atomic mass is 10.2. The Labute approximate surface area is 125 Å². The lowest BCUT2D eigenvalue weighted by Crippen LogP contribution is -2.26. The monoisotopic (exact) mass is 294 g/mol. The summed E-state index contributed by atoms with van der Waals surface area (Å²) in [5, 5.41) is 0. The molecule has 0 atom stereocenters. The summed E-state index contributed by atoms with van der Waals surface area (Å²) < 4.78 is 15.2. The number of ether oxygens (including phenoxy) is 3. The summed E-state index contributed by atoms with van der Waals surface area (Å²) in [6, 6.07) is 9.43. The third-order valence-corrected chi connectivity index (χ3v) is 2.33. The van der Waals surface area contributed by atoms with Gasteiger partial charge in [-0.3, -0.25) is 4.79 Å². The molecule has 0 spiro atoms. The number of hydrogen-bond donors (Lipinski definition) is 0. The highest BCUT2D eigenvalue weighted by atomic mass is 16.6. The molecule has 0 aliphatic heterocycles. The quantitative estimate of drug-likeness (QED) is 0.571. The average Bonchev–Trinajstić information content (AvgIpc) is 2.40. The van der Waals surface area contributed by atoms with Gasteiger partial charge in [-0.05, 0) is 26.3 Å². The standard InChI is InChI=1S/C16H22O5/c1-16(2,3)21-15(18)12-19-10-9-14(17)20-11-13-7-5-4-6-8-13/h4-8H,9-12H2,1-3H3. The van der Waals surface area contributed by atoms with Crippen molar-refractivity contribution in [2.24, 2.45) is 0 Å². The molecule has 0 saturated carbocycles. The van der Waals surface area contributed by atoms with E-state index in [1.54, 1.807) is 20.8 Å². The number of carbonyl (C=O) groups is 2. The predicted octanol–water partition coefficient (Wildman–Crippen LogP) is 2.48. The Morgan fingerprint density at radius 2 is 1.71 bits per heavy atom. The molecule has 5 nitrogen and oxygen atoms in total. The van der Waals surface area contributed by atoms with E-state index < -0.39 is 11.6 Å². The van der Waals surface area contributed by atoms with Crippen LogP contribution in [0.5, 0.6) is 0 Å². The van der Waals surface area contributed by atoms with E-state index in [1.165, 1.54) is 0 Å².